The van der Waals surface area contributed by atoms with Crippen LogP contribution in [0, 0.1) is 0 Å². The number of hydrogen-bond acceptors (Lipinski definition) is 5. The second-order valence-corrected chi connectivity index (χ2v) is 3.72. The Bertz CT molecular complexity index is 447. The maximum Gasteiger partial charge on any atom is 0.317 e. The Kier molecular flexibility index (Phi) is 5.42. The fourth-order valence-corrected chi connectivity index (χ4v) is 1.39. The van der Waals surface area contributed by atoms with Gasteiger partial charge in [-0.1, -0.05) is 0 Å². The third-order valence-electron chi connectivity index (χ3n) is 2.05. The van der Waals surface area contributed by atoms with Gasteiger partial charge >= 0.3 is 11.9 Å². The van der Waals surface area contributed by atoms with Crippen LogP contribution in [-0.2, 0) is 14.4 Å². The molecule has 0 saturated heterocycles. The van der Waals surface area contributed by atoms with Gasteiger partial charge in [-0.25, -0.2) is 0 Å². The van der Waals surface area contributed by atoms with E-state index in [9.17, 15) is 14.4 Å². The lowest BCUT2D eigenvalue weighted by molar-refractivity contribution is -0.142. The third-order valence-corrected chi connectivity index (χ3v) is 2.05. The molecule has 102 valence electrons. The Balaban J connectivity index is 2.55. The van der Waals surface area contributed by atoms with Gasteiger partial charge in [-0.3, -0.25) is 24.3 Å². The number of nitrogens with one attached hydrogen (secondary N) is 1. The molecule has 0 spiro atoms. The molecule has 1 rings (SSSR count). The zero-order valence-corrected chi connectivity index (χ0v) is 9.94. The summed E-state index contributed by atoms with van der Waals surface area (Å²) in [6.45, 7) is -1.35. The number of aliphatic carboxylic acids is 2. The summed E-state index contributed by atoms with van der Waals surface area (Å²) in [6, 6.07) is 3.13. The highest BCUT2D eigenvalue weighted by molar-refractivity contribution is 5.92. The van der Waals surface area contributed by atoms with E-state index in [0.29, 0.717) is 5.69 Å². The molecule has 0 radical (unpaired) electrons. The van der Waals surface area contributed by atoms with Gasteiger partial charge in [0.25, 0.3) is 0 Å². The Morgan fingerprint density at radius 1 is 1.05 bits per heavy atom. The van der Waals surface area contributed by atoms with E-state index in [2.05, 4.69) is 10.3 Å². The van der Waals surface area contributed by atoms with E-state index in [-0.39, 0.29) is 6.54 Å². The summed E-state index contributed by atoms with van der Waals surface area (Å²) in [4.78, 5) is 37.5. The van der Waals surface area contributed by atoms with Crippen molar-refractivity contribution in [2.45, 2.75) is 0 Å². The van der Waals surface area contributed by atoms with E-state index in [4.69, 9.17) is 10.2 Å². The van der Waals surface area contributed by atoms with Crippen LogP contribution in [0.25, 0.3) is 0 Å². The van der Waals surface area contributed by atoms with Crippen LogP contribution in [0.2, 0.25) is 0 Å². The van der Waals surface area contributed by atoms with E-state index >= 15 is 0 Å². The summed E-state index contributed by atoms with van der Waals surface area (Å²) in [5.74, 6) is -2.88. The van der Waals surface area contributed by atoms with Crippen LogP contribution in [0.15, 0.2) is 24.5 Å². The van der Waals surface area contributed by atoms with E-state index in [1.165, 1.54) is 12.4 Å². The topological polar surface area (TPSA) is 120 Å². The average molecular weight is 267 g/mol. The number of hydrogen-bond donors (Lipinski definition) is 3. The Morgan fingerprint density at radius 2 is 1.58 bits per heavy atom. The van der Waals surface area contributed by atoms with Crippen molar-refractivity contribution in [3.8, 4) is 0 Å². The second kappa shape index (κ2) is 7.07. The van der Waals surface area contributed by atoms with Gasteiger partial charge in [-0.2, -0.15) is 0 Å². The molecule has 0 aliphatic carbocycles. The van der Waals surface area contributed by atoms with E-state index < -0.39 is 30.9 Å². The van der Waals surface area contributed by atoms with Crippen LogP contribution in [0.5, 0.6) is 0 Å². The Morgan fingerprint density at radius 3 is 2.05 bits per heavy atom. The molecular weight excluding hydrogens is 254 g/mol. The van der Waals surface area contributed by atoms with Gasteiger partial charge in [0.15, 0.2) is 0 Å². The zero-order valence-electron chi connectivity index (χ0n) is 9.94. The van der Waals surface area contributed by atoms with Gasteiger partial charge in [0.2, 0.25) is 5.91 Å². The number of carbonyl (C=O) groups excluding carboxylic acids is 1. The third kappa shape index (κ3) is 6.13. The number of aromatic nitrogens is 1. The number of carboxylic acid groups (broad SMARTS) is 2. The number of amides is 1. The van der Waals surface area contributed by atoms with Crippen LogP contribution in [-0.4, -0.2) is 57.6 Å². The molecule has 0 aromatic carbocycles. The molecule has 3 N–H and O–H groups in total. The van der Waals surface area contributed by atoms with Crippen molar-refractivity contribution in [3.63, 3.8) is 0 Å². The fourth-order valence-electron chi connectivity index (χ4n) is 1.39. The molecule has 0 atom stereocenters. The summed E-state index contributed by atoms with van der Waals surface area (Å²) in [5, 5.41) is 19.8. The molecule has 0 aliphatic heterocycles. The van der Waals surface area contributed by atoms with E-state index in [1.54, 1.807) is 12.1 Å². The maximum absolute atomic E-state index is 11.6. The standard InChI is InChI=1S/C11H13N3O5/c15-9(13-8-1-3-12-4-2-8)5-14(6-10(16)17)7-11(18)19/h1-4H,5-7H2,(H,16,17)(H,18,19)(H,12,13,15). The molecule has 0 bridgehead atoms. The van der Waals surface area contributed by atoms with Crippen molar-refractivity contribution in [2.24, 2.45) is 0 Å². The molecule has 1 aromatic rings. The SMILES string of the molecule is O=C(O)CN(CC(=O)O)CC(=O)Nc1ccncc1. The predicted octanol–water partition coefficient (Wildman–Crippen LogP) is -0.509. The monoisotopic (exact) mass is 267 g/mol. The van der Waals surface area contributed by atoms with Crippen molar-refractivity contribution in [2.75, 3.05) is 25.0 Å². The molecule has 0 unspecified atom stereocenters. The van der Waals surface area contributed by atoms with Crippen molar-refractivity contribution in [1.82, 2.24) is 9.88 Å². The Labute approximate surface area is 108 Å². The number of pyridine rings is 1. The van der Waals surface area contributed by atoms with Crippen LogP contribution in [0.3, 0.4) is 0 Å². The smallest absolute Gasteiger partial charge is 0.317 e. The maximum atomic E-state index is 11.6. The molecule has 1 aromatic heterocycles. The summed E-state index contributed by atoms with van der Waals surface area (Å²) in [6.07, 6.45) is 2.98. The summed E-state index contributed by atoms with van der Waals surface area (Å²) in [5.41, 5.74) is 0.505. The highest BCUT2D eigenvalue weighted by Gasteiger charge is 2.16. The number of carbonyl (C=O) groups is 3. The lowest BCUT2D eigenvalue weighted by Gasteiger charge is -2.17. The Hall–Kier alpha value is -2.48. The number of rotatable bonds is 7. The molecule has 19 heavy (non-hydrogen) atoms. The summed E-state index contributed by atoms with van der Waals surface area (Å²) in [7, 11) is 0. The number of anilines is 1. The van der Waals surface area contributed by atoms with Gasteiger partial charge in [0.1, 0.15) is 0 Å². The minimum absolute atomic E-state index is 0.319. The van der Waals surface area contributed by atoms with Gasteiger partial charge in [0, 0.05) is 18.1 Å². The quantitative estimate of drug-likeness (QED) is 0.608. The molecular formula is C11H13N3O5. The van der Waals surface area contributed by atoms with Gasteiger partial charge in [-0.15, -0.1) is 0 Å². The molecule has 8 nitrogen and oxygen atoms in total. The highest BCUT2D eigenvalue weighted by Crippen LogP contribution is 2.03. The van der Waals surface area contributed by atoms with Crippen LogP contribution in [0.1, 0.15) is 0 Å². The average Bonchev–Trinajstić information content (AvgIpc) is 2.27. The fraction of sp³-hybridized carbons (Fsp3) is 0.273. The van der Waals surface area contributed by atoms with Crippen LogP contribution in [0.4, 0.5) is 5.69 Å². The minimum atomic E-state index is -1.20. The normalized spacial score (nSPS) is 10.2. The molecule has 1 heterocycles. The van der Waals surface area contributed by atoms with Crippen molar-refractivity contribution < 1.29 is 24.6 Å². The predicted molar refractivity (Wildman–Crippen MR) is 64.6 cm³/mol. The molecule has 0 aliphatic rings. The molecule has 0 saturated carbocycles. The van der Waals surface area contributed by atoms with E-state index in [1.807, 2.05) is 0 Å². The zero-order chi connectivity index (χ0) is 14.3. The molecule has 8 heteroatoms. The second-order valence-electron chi connectivity index (χ2n) is 3.72. The van der Waals surface area contributed by atoms with Crippen molar-refractivity contribution >= 4 is 23.5 Å². The van der Waals surface area contributed by atoms with Crippen LogP contribution >= 0.6 is 0 Å². The minimum Gasteiger partial charge on any atom is -0.480 e. The number of carboxylic acids is 2. The summed E-state index contributed by atoms with van der Waals surface area (Å²) < 4.78 is 0. The van der Waals surface area contributed by atoms with Gasteiger partial charge in [-0.05, 0) is 12.1 Å². The molecule has 0 fully saturated rings. The summed E-state index contributed by atoms with van der Waals surface area (Å²) >= 11 is 0. The van der Waals surface area contributed by atoms with Crippen molar-refractivity contribution in [3.05, 3.63) is 24.5 Å². The largest absolute Gasteiger partial charge is 0.480 e. The lowest BCUT2D eigenvalue weighted by Crippen LogP contribution is -2.40. The number of nitrogens with zero attached hydrogens (tertiary/aromatic N) is 2. The van der Waals surface area contributed by atoms with Crippen LogP contribution < -0.4 is 5.32 Å². The van der Waals surface area contributed by atoms with E-state index in [0.717, 1.165) is 4.90 Å². The first-order chi connectivity index (χ1) is 8.97. The first kappa shape index (κ1) is 14.6. The van der Waals surface area contributed by atoms with Crippen molar-refractivity contribution in [1.29, 1.82) is 0 Å². The first-order valence-electron chi connectivity index (χ1n) is 5.33. The lowest BCUT2D eigenvalue weighted by atomic mass is 10.3. The highest BCUT2D eigenvalue weighted by atomic mass is 16.4. The molecule has 1 amide bonds. The first-order valence-corrected chi connectivity index (χ1v) is 5.33. The van der Waals surface area contributed by atoms with Gasteiger partial charge < -0.3 is 15.5 Å². The van der Waals surface area contributed by atoms with Gasteiger partial charge in [0.05, 0.1) is 19.6 Å².